The van der Waals surface area contributed by atoms with Crippen molar-refractivity contribution in [1.29, 1.82) is 0 Å². The van der Waals surface area contributed by atoms with Crippen LogP contribution < -0.4 is 5.32 Å². The number of likely N-dealkylation sites (tertiary alicyclic amines) is 1. The number of carbonyl (C=O) groups is 3. The van der Waals surface area contributed by atoms with Gasteiger partial charge in [0.2, 0.25) is 5.91 Å². The molecule has 1 spiro atoms. The minimum absolute atomic E-state index is 0.0593. The minimum Gasteiger partial charge on any atom is -0.480 e. The predicted octanol–water partition coefficient (Wildman–Crippen LogP) is 3.91. The number of hydrogen-bond donors (Lipinski definition) is 2. The van der Waals surface area contributed by atoms with E-state index in [1.165, 1.54) is 4.90 Å². The maximum absolute atomic E-state index is 13.4. The fraction of sp³-hybridized carbons (Fsp3) is 0.444. The summed E-state index contributed by atoms with van der Waals surface area (Å²) >= 11 is 0. The summed E-state index contributed by atoms with van der Waals surface area (Å²) in [5, 5.41) is 12.3. The first-order valence-corrected chi connectivity index (χ1v) is 12.1. The molecule has 6 rings (SSSR count). The number of ether oxygens (including phenoxy) is 1. The Labute approximate surface area is 198 Å². The first kappa shape index (κ1) is 21.2. The second-order valence-electron chi connectivity index (χ2n) is 10.4. The van der Waals surface area contributed by atoms with Gasteiger partial charge in [-0.25, -0.2) is 9.59 Å². The first-order valence-electron chi connectivity index (χ1n) is 12.1. The molecule has 0 bridgehead atoms. The molecule has 3 fully saturated rings. The van der Waals surface area contributed by atoms with Crippen molar-refractivity contribution in [1.82, 2.24) is 10.2 Å². The van der Waals surface area contributed by atoms with E-state index in [9.17, 15) is 19.5 Å². The zero-order chi connectivity index (χ0) is 23.5. The van der Waals surface area contributed by atoms with Gasteiger partial charge in [0.05, 0.1) is 0 Å². The van der Waals surface area contributed by atoms with Crippen molar-refractivity contribution in [3.63, 3.8) is 0 Å². The number of carboxylic acid groups (broad SMARTS) is 1. The van der Waals surface area contributed by atoms with Gasteiger partial charge in [-0.3, -0.25) is 4.79 Å². The van der Waals surface area contributed by atoms with Crippen molar-refractivity contribution in [2.75, 3.05) is 13.2 Å². The Morgan fingerprint density at radius 1 is 1.00 bits per heavy atom. The zero-order valence-electron chi connectivity index (χ0n) is 19.0. The van der Waals surface area contributed by atoms with Crippen LogP contribution in [-0.2, 0) is 14.3 Å². The van der Waals surface area contributed by atoms with Gasteiger partial charge in [-0.15, -0.1) is 0 Å². The molecular formula is C27H28N2O5. The lowest BCUT2D eigenvalue weighted by Crippen LogP contribution is -2.73. The maximum Gasteiger partial charge on any atom is 0.408 e. The van der Waals surface area contributed by atoms with E-state index in [-0.39, 0.29) is 23.8 Å². The Morgan fingerprint density at radius 2 is 1.62 bits per heavy atom. The molecule has 0 radical (unpaired) electrons. The molecule has 4 aliphatic rings. The molecule has 1 unspecified atom stereocenters. The summed E-state index contributed by atoms with van der Waals surface area (Å²) in [6.07, 6.45) is 4.20. The fourth-order valence-corrected chi connectivity index (χ4v) is 6.54. The van der Waals surface area contributed by atoms with Crippen LogP contribution in [0.25, 0.3) is 11.1 Å². The molecule has 1 aliphatic heterocycles. The third-order valence-electron chi connectivity index (χ3n) is 8.43. The van der Waals surface area contributed by atoms with Gasteiger partial charge in [-0.2, -0.15) is 0 Å². The first-order chi connectivity index (χ1) is 16.4. The third-order valence-corrected chi connectivity index (χ3v) is 8.43. The quantitative estimate of drug-likeness (QED) is 0.705. The van der Waals surface area contributed by atoms with E-state index in [1.807, 2.05) is 24.3 Å². The molecule has 1 heterocycles. The van der Waals surface area contributed by atoms with Crippen molar-refractivity contribution in [3.8, 4) is 11.1 Å². The summed E-state index contributed by atoms with van der Waals surface area (Å²) in [4.78, 5) is 39.3. The van der Waals surface area contributed by atoms with Crippen LogP contribution in [0.3, 0.4) is 0 Å². The Balaban J connectivity index is 1.17. The van der Waals surface area contributed by atoms with Crippen LogP contribution >= 0.6 is 0 Å². The van der Waals surface area contributed by atoms with E-state index >= 15 is 0 Å². The Bertz CT molecular complexity index is 1130. The highest BCUT2D eigenvalue weighted by molar-refractivity contribution is 5.95. The molecule has 2 aromatic rings. The number of benzene rings is 2. The predicted molar refractivity (Wildman–Crippen MR) is 124 cm³/mol. The number of nitrogens with zero attached hydrogens (tertiary/aromatic N) is 1. The Kier molecular flexibility index (Phi) is 4.73. The number of amides is 2. The average Bonchev–Trinajstić information content (AvgIpc) is 3.06. The number of hydrogen-bond acceptors (Lipinski definition) is 4. The molecule has 1 atom stereocenters. The monoisotopic (exact) mass is 460 g/mol. The van der Waals surface area contributed by atoms with E-state index < -0.39 is 23.6 Å². The molecule has 34 heavy (non-hydrogen) atoms. The van der Waals surface area contributed by atoms with Gasteiger partial charge in [0.25, 0.3) is 0 Å². The lowest BCUT2D eigenvalue weighted by molar-refractivity contribution is -0.170. The normalized spacial score (nSPS) is 23.1. The number of rotatable bonds is 5. The van der Waals surface area contributed by atoms with Gasteiger partial charge in [-0.05, 0) is 59.8 Å². The number of nitrogens with one attached hydrogen (secondary N) is 1. The van der Waals surface area contributed by atoms with Crippen molar-refractivity contribution in [2.24, 2.45) is 5.41 Å². The summed E-state index contributed by atoms with van der Waals surface area (Å²) in [5.41, 5.74) is 3.62. The van der Waals surface area contributed by atoms with Crippen LogP contribution in [0.1, 0.15) is 55.6 Å². The van der Waals surface area contributed by atoms with Crippen LogP contribution in [-0.4, -0.2) is 52.7 Å². The standard InChI is InChI=1S/C27H28N2O5/c30-23(31)22-10-13-29(22)24(32)27(15-26(16-27)11-5-12-26)28-25(33)34-14-21-19-8-3-1-6-17(19)18-7-2-4-9-20(18)21/h1-4,6-9,21-22H,5,10-16H2,(H,28,33)(H,30,31). The van der Waals surface area contributed by atoms with Gasteiger partial charge in [-0.1, -0.05) is 55.0 Å². The highest BCUT2D eigenvalue weighted by atomic mass is 16.5. The van der Waals surface area contributed by atoms with Gasteiger partial charge in [0, 0.05) is 12.5 Å². The van der Waals surface area contributed by atoms with Crippen LogP contribution in [0.15, 0.2) is 48.5 Å². The highest BCUT2D eigenvalue weighted by Gasteiger charge is 2.63. The van der Waals surface area contributed by atoms with Gasteiger partial charge < -0.3 is 20.1 Å². The smallest absolute Gasteiger partial charge is 0.408 e. The number of fused-ring (bicyclic) bond motifs is 3. The summed E-state index contributed by atoms with van der Waals surface area (Å²) in [7, 11) is 0. The number of carbonyl (C=O) groups excluding carboxylic acids is 2. The van der Waals surface area contributed by atoms with E-state index in [1.54, 1.807) is 0 Å². The van der Waals surface area contributed by atoms with Gasteiger partial charge >= 0.3 is 12.1 Å². The van der Waals surface area contributed by atoms with Crippen molar-refractivity contribution >= 4 is 18.0 Å². The second kappa shape index (κ2) is 7.58. The lowest BCUT2D eigenvalue weighted by Gasteiger charge is -2.61. The van der Waals surface area contributed by atoms with E-state index in [0.717, 1.165) is 41.5 Å². The SMILES string of the molecule is O=C(NC1(C(=O)N2CCC2C(=O)O)CC2(CCC2)C1)OCC1c2ccccc2-c2ccccc21. The van der Waals surface area contributed by atoms with Gasteiger partial charge in [0.15, 0.2) is 0 Å². The number of alkyl carbamates (subject to hydrolysis) is 1. The minimum atomic E-state index is -1.06. The summed E-state index contributed by atoms with van der Waals surface area (Å²) in [6, 6.07) is 15.5. The molecule has 1 saturated heterocycles. The fourth-order valence-electron chi connectivity index (χ4n) is 6.54. The topological polar surface area (TPSA) is 95.9 Å². The summed E-state index contributed by atoms with van der Waals surface area (Å²) in [5.74, 6) is -1.33. The molecule has 3 aliphatic carbocycles. The van der Waals surface area contributed by atoms with Gasteiger partial charge in [0.1, 0.15) is 18.2 Å². The van der Waals surface area contributed by atoms with Crippen molar-refractivity contribution in [3.05, 3.63) is 59.7 Å². The second-order valence-corrected chi connectivity index (χ2v) is 10.4. The maximum atomic E-state index is 13.4. The molecule has 2 N–H and O–H groups in total. The van der Waals surface area contributed by atoms with E-state index in [0.29, 0.717) is 25.8 Å². The molecule has 2 saturated carbocycles. The largest absolute Gasteiger partial charge is 0.480 e. The van der Waals surface area contributed by atoms with Crippen LogP contribution in [0, 0.1) is 5.41 Å². The average molecular weight is 461 g/mol. The molecule has 176 valence electrons. The highest BCUT2D eigenvalue weighted by Crippen LogP contribution is 2.61. The zero-order valence-corrected chi connectivity index (χ0v) is 19.0. The number of aliphatic carboxylic acids is 1. The van der Waals surface area contributed by atoms with E-state index in [4.69, 9.17) is 4.74 Å². The molecular weight excluding hydrogens is 432 g/mol. The molecule has 7 nitrogen and oxygen atoms in total. The van der Waals surface area contributed by atoms with E-state index in [2.05, 4.69) is 29.6 Å². The third kappa shape index (κ3) is 3.13. The Hall–Kier alpha value is -3.35. The van der Waals surface area contributed by atoms with Crippen molar-refractivity contribution < 1.29 is 24.2 Å². The van der Waals surface area contributed by atoms with Crippen LogP contribution in [0.5, 0.6) is 0 Å². The summed E-state index contributed by atoms with van der Waals surface area (Å²) < 4.78 is 5.71. The Morgan fingerprint density at radius 3 is 2.12 bits per heavy atom. The summed E-state index contributed by atoms with van der Waals surface area (Å²) in [6.45, 7) is 0.591. The van der Waals surface area contributed by atoms with Crippen molar-refractivity contribution in [2.45, 2.75) is 56.0 Å². The molecule has 2 aromatic carbocycles. The lowest BCUT2D eigenvalue weighted by atomic mass is 9.48. The molecule has 2 amide bonds. The molecule has 0 aromatic heterocycles. The van der Waals surface area contributed by atoms with Crippen LogP contribution in [0.4, 0.5) is 4.79 Å². The number of carboxylic acids is 1. The molecule has 7 heteroatoms. The van der Waals surface area contributed by atoms with Crippen LogP contribution in [0.2, 0.25) is 0 Å².